The predicted octanol–water partition coefficient (Wildman–Crippen LogP) is 34.5. The van der Waals surface area contributed by atoms with Crippen LogP contribution < -0.4 is 22.8 Å². The first-order valence-corrected chi connectivity index (χ1v) is 57.8. The molecule has 145 heavy (non-hydrogen) atoms. The molecule has 5 atom stereocenters. The van der Waals surface area contributed by atoms with Crippen molar-refractivity contribution in [1.29, 1.82) is 0 Å². The van der Waals surface area contributed by atoms with Gasteiger partial charge in [0, 0.05) is 41.5 Å². The highest BCUT2D eigenvalue weighted by Crippen LogP contribution is 2.57. The lowest BCUT2D eigenvalue weighted by Gasteiger charge is -2.42. The molecular weight excluding hydrogens is 1750 g/mol. The Morgan fingerprint density at radius 1 is 0.234 bits per heavy atom. The summed E-state index contributed by atoms with van der Waals surface area (Å²) in [6, 6.07) is 76.6. The summed E-state index contributed by atoms with van der Waals surface area (Å²) >= 11 is 0. The number of rotatable bonds is 15. The van der Waals surface area contributed by atoms with Gasteiger partial charge in [0.25, 0.3) is 0 Å². The fourth-order valence-electron chi connectivity index (χ4n) is 30.5. The van der Waals surface area contributed by atoms with Crippen LogP contribution in [-0.4, -0.2) is 0 Å². The maximum absolute atomic E-state index is 2.52. The second-order valence-corrected chi connectivity index (χ2v) is 49.0. The fraction of sp³-hybridized carbons (Fsp3) is 0.464. The molecular formula is C140H170N5+5. The largest absolute Gasteiger partial charge is 0.220 e. The van der Waals surface area contributed by atoms with Crippen LogP contribution in [0, 0.1) is 115 Å². The second-order valence-electron chi connectivity index (χ2n) is 49.0. The van der Waals surface area contributed by atoms with Crippen LogP contribution in [-0.2, 0) is 54.5 Å². The van der Waals surface area contributed by atoms with Gasteiger partial charge in [0.15, 0.2) is 31.0 Å². The summed E-state index contributed by atoms with van der Waals surface area (Å²) in [4.78, 5) is 0. The van der Waals surface area contributed by atoms with Gasteiger partial charge in [-0.1, -0.05) is 221 Å². The van der Waals surface area contributed by atoms with Crippen molar-refractivity contribution in [3.63, 3.8) is 0 Å². The Morgan fingerprint density at radius 2 is 0.510 bits per heavy atom. The van der Waals surface area contributed by atoms with E-state index in [0.29, 0.717) is 11.8 Å². The van der Waals surface area contributed by atoms with Crippen molar-refractivity contribution in [2.45, 2.75) is 325 Å². The van der Waals surface area contributed by atoms with E-state index in [9.17, 15) is 0 Å². The van der Waals surface area contributed by atoms with Gasteiger partial charge in [-0.15, -0.1) is 0 Å². The fourth-order valence-corrected chi connectivity index (χ4v) is 30.5. The molecule has 10 aromatic carbocycles. The lowest BCUT2D eigenvalue weighted by molar-refractivity contribution is -0.659. The maximum Gasteiger partial charge on any atom is 0.220 e. The van der Waals surface area contributed by atoms with Gasteiger partial charge < -0.3 is 0 Å². The molecule has 0 amide bonds. The molecule has 15 fully saturated rings. The number of aryl methyl sites for hydroxylation is 13. The summed E-state index contributed by atoms with van der Waals surface area (Å²) in [7, 11) is 10.9. The maximum atomic E-state index is 2.52. The van der Waals surface area contributed by atoms with Gasteiger partial charge in [-0.25, -0.2) is 22.8 Å². The van der Waals surface area contributed by atoms with Crippen LogP contribution >= 0.6 is 0 Å². The number of pyridine rings is 5. The molecule has 15 aromatic rings. The first-order chi connectivity index (χ1) is 70.2. The molecule has 0 aliphatic heterocycles. The number of aromatic nitrogens is 5. The van der Waals surface area contributed by atoms with E-state index < -0.39 is 0 Å². The van der Waals surface area contributed by atoms with Crippen LogP contribution in [0.5, 0.6) is 0 Å². The molecule has 10 bridgehead atoms. The van der Waals surface area contributed by atoms with Gasteiger partial charge >= 0.3 is 0 Å². The summed E-state index contributed by atoms with van der Waals surface area (Å²) in [5.41, 5.74) is 39.8. The molecule has 15 aliphatic rings. The van der Waals surface area contributed by atoms with E-state index >= 15 is 0 Å². The second kappa shape index (κ2) is 42.5. The molecule has 750 valence electrons. The number of hydrogen-bond acceptors (Lipinski definition) is 0. The normalized spacial score (nSPS) is 23.7. The van der Waals surface area contributed by atoms with Crippen molar-refractivity contribution < 1.29 is 22.8 Å². The molecule has 15 aliphatic carbocycles. The van der Waals surface area contributed by atoms with Gasteiger partial charge in [-0.2, -0.15) is 0 Å². The monoisotopic (exact) mass is 1920 g/mol. The van der Waals surface area contributed by atoms with E-state index in [-0.39, 0.29) is 0 Å². The van der Waals surface area contributed by atoms with E-state index in [4.69, 9.17) is 0 Å². The van der Waals surface area contributed by atoms with Gasteiger partial charge in [0.2, 0.25) is 28.5 Å². The Balaban J connectivity index is 0.000000107. The first kappa shape index (κ1) is 100. The van der Waals surface area contributed by atoms with Crippen molar-refractivity contribution in [2.24, 2.45) is 94.4 Å². The number of fused-ring (bicyclic) bond motifs is 20. The quantitative estimate of drug-likeness (QED) is 0.0912. The molecule has 0 spiro atoms. The third-order valence-electron chi connectivity index (χ3n) is 39.6. The summed E-state index contributed by atoms with van der Waals surface area (Å²) < 4.78 is 11.5. The van der Waals surface area contributed by atoms with E-state index in [0.717, 1.165) is 108 Å². The molecule has 0 saturated heterocycles. The molecule has 5 heterocycles. The SMILES string of the molecule is CCc1cc(CC)c(C)c(-c2c3ccc(C4CC5CCC4CC5)cc3cc[n+]2C)c1.CCc1ccc(C)c(-c2c3ccc(C4CC5CCC4CC5)cc3cc[n+]2C)c1.Cc1cc(C(C)C)cc(-c2c3ccc(C4CC5CCC4CC5)cc3cc[n+]2C)c1C.Cc1cc(C)c(C)c(-c2c3ccc(C4CC5CCC4CC5)cc3cc[n+]2C)c1.Cc1ccc(C(C)C)cc1-c1c2ccc(C3CC4CCC3CC4)cc2cc[n+]1C. The van der Waals surface area contributed by atoms with Gasteiger partial charge in [-0.3, -0.25) is 0 Å². The van der Waals surface area contributed by atoms with Gasteiger partial charge in [0.1, 0.15) is 35.2 Å². The summed E-state index contributed by atoms with van der Waals surface area (Å²) in [6.07, 6.45) is 50.8. The van der Waals surface area contributed by atoms with Gasteiger partial charge in [0.05, 0.1) is 43.6 Å². The average Bonchev–Trinajstić information content (AvgIpc) is 0.711. The van der Waals surface area contributed by atoms with Crippen molar-refractivity contribution in [1.82, 2.24) is 0 Å². The van der Waals surface area contributed by atoms with Crippen LogP contribution in [0.3, 0.4) is 0 Å². The molecule has 5 aromatic heterocycles. The van der Waals surface area contributed by atoms with E-state index in [1.165, 1.54) is 343 Å². The summed E-state index contributed by atoms with van der Waals surface area (Å²) in [5.74, 6) is 14.5. The van der Waals surface area contributed by atoms with Crippen LogP contribution in [0.1, 0.15) is 351 Å². The Hall–Kier alpha value is -10.8. The third kappa shape index (κ3) is 20.2. The van der Waals surface area contributed by atoms with Crippen molar-refractivity contribution >= 4 is 53.9 Å². The third-order valence-corrected chi connectivity index (χ3v) is 39.6. The highest BCUT2D eigenvalue weighted by molar-refractivity contribution is 5.99. The molecule has 5 nitrogen and oxygen atoms in total. The van der Waals surface area contributed by atoms with Crippen molar-refractivity contribution in [3.05, 3.63) is 325 Å². The lowest BCUT2D eigenvalue weighted by Crippen LogP contribution is -2.31. The van der Waals surface area contributed by atoms with E-state index in [1.54, 1.807) is 27.8 Å². The van der Waals surface area contributed by atoms with Crippen molar-refractivity contribution in [3.8, 4) is 56.3 Å². The summed E-state index contributed by atoms with van der Waals surface area (Å²) in [5, 5.41) is 13.9. The molecule has 5 heteroatoms. The first-order valence-electron chi connectivity index (χ1n) is 57.8. The Morgan fingerprint density at radius 3 is 0.807 bits per heavy atom. The number of hydrogen-bond donors (Lipinski definition) is 0. The molecule has 5 unspecified atom stereocenters. The highest BCUT2D eigenvalue weighted by atomic mass is 14.9. The van der Waals surface area contributed by atoms with Crippen LogP contribution in [0.2, 0.25) is 0 Å². The zero-order valence-corrected chi connectivity index (χ0v) is 92.2. The minimum atomic E-state index is 0.539. The summed E-state index contributed by atoms with van der Waals surface area (Å²) in [6.45, 7) is 33.9. The Labute approximate surface area is 871 Å². The van der Waals surface area contributed by atoms with E-state index in [2.05, 4.69) is 387 Å². The van der Waals surface area contributed by atoms with Crippen molar-refractivity contribution in [2.75, 3.05) is 0 Å². The van der Waals surface area contributed by atoms with Gasteiger partial charge in [-0.05, 0) is 454 Å². The topological polar surface area (TPSA) is 19.4 Å². The molecule has 15 saturated carbocycles. The van der Waals surface area contributed by atoms with Crippen LogP contribution in [0.15, 0.2) is 225 Å². The standard InChI is InChI=1S/2C29H36N.C28H34N.2C27H32N/c1-18(2)25-14-19(3)20(4)27(17-25)29-26-11-10-23(16-24(26)12-13-30(29)5)28-15-21-6-8-22(28)9-7-21;1-5-20-15-22(6-2)19(3)27(16-20)29-26-12-11-24(18-25(26)13-14-30(29)4)28-17-21-7-9-23(28)10-8-21;1-18(2)22-8-5-19(3)26(17-22)28-25-12-11-23(16-24(25)13-14-29(28)4)27-15-20-6-9-21(27)10-7-20;1-17-13-18(2)19(3)25(14-17)27-24-10-9-22(16-23(24)11-12-28(27)4)26-15-20-5-7-21(26)8-6-20;1-4-19-6-5-18(2)25(15-19)27-24-12-11-22(17-23(24)13-14-28(27)3)26-16-20-7-9-21(26)10-8-20/h10-14,16-18,21-22,28H,6-9,15H2,1-5H3;11-16,18,21,23,28H,5-10,17H2,1-4H3;5,8,11-14,16-18,20-21,27H,6-7,9-10,15H2,1-4H3;9-14,16,20-21,26H,5-8,15H2,1-4H3;5-6,11-15,17,20-21,26H,4,7-10,16H2,1-3H3/q5*+1. The Bertz CT molecular complexity index is 7220. The average molecular weight is 1920 g/mol. The minimum absolute atomic E-state index is 0.539. The van der Waals surface area contributed by atoms with Crippen LogP contribution in [0.25, 0.3) is 110 Å². The highest BCUT2D eigenvalue weighted by Gasteiger charge is 2.43. The molecule has 0 N–H and O–H groups in total. The van der Waals surface area contributed by atoms with E-state index in [1.807, 2.05) is 0 Å². The predicted molar refractivity (Wildman–Crippen MR) is 611 cm³/mol. The zero-order valence-electron chi connectivity index (χ0n) is 92.2. The smallest absolute Gasteiger partial charge is 0.200 e. The Kier molecular flexibility index (Phi) is 29.3. The number of benzene rings is 10. The zero-order chi connectivity index (χ0) is 101. The minimum Gasteiger partial charge on any atom is -0.200 e. The number of nitrogens with zero attached hydrogens (tertiary/aromatic N) is 5. The molecule has 30 rings (SSSR count). The lowest BCUT2D eigenvalue weighted by atomic mass is 9.63. The van der Waals surface area contributed by atoms with Crippen LogP contribution in [0.4, 0.5) is 0 Å². The molecule has 0 radical (unpaired) electrons.